The molecule has 58 heavy (non-hydrogen) atoms. The fraction of sp³-hybridized carbons (Fsp3) is 0.404. The molecule has 6 rings (SSSR count). The zero-order valence-electron chi connectivity index (χ0n) is 35.3. The van der Waals surface area contributed by atoms with Gasteiger partial charge in [-0.2, -0.15) is 0 Å². The van der Waals surface area contributed by atoms with Crippen LogP contribution in [0, 0.1) is 10.1 Å². The predicted molar refractivity (Wildman–Crippen MR) is 245 cm³/mol. The quantitative estimate of drug-likeness (QED) is 0.0328. The third-order valence-electron chi connectivity index (χ3n) is 12.2. The van der Waals surface area contributed by atoms with Crippen molar-refractivity contribution in [2.24, 2.45) is 4.99 Å². The van der Waals surface area contributed by atoms with Gasteiger partial charge in [0.05, 0.1) is 10.6 Å². The van der Waals surface area contributed by atoms with Crippen molar-refractivity contribution in [1.29, 1.82) is 0 Å². The molecule has 5 aromatic carbocycles. The highest BCUT2D eigenvalue weighted by molar-refractivity contribution is 5.89. The van der Waals surface area contributed by atoms with E-state index in [0.29, 0.717) is 5.56 Å². The van der Waals surface area contributed by atoms with Crippen LogP contribution in [0.5, 0.6) is 5.75 Å². The molecule has 0 aliphatic heterocycles. The van der Waals surface area contributed by atoms with Crippen LogP contribution in [-0.2, 0) is 5.41 Å². The highest BCUT2D eigenvalue weighted by Crippen LogP contribution is 2.56. The minimum Gasteiger partial charge on any atom is -0.507 e. The Hall–Kier alpha value is -5.23. The number of nitro benzene ring substituents is 1. The molecule has 0 aromatic heterocycles. The lowest BCUT2D eigenvalue weighted by Crippen LogP contribution is -2.25. The molecular formula is C52H63N3O3. The zero-order valence-corrected chi connectivity index (χ0v) is 35.3. The first-order valence-electron chi connectivity index (χ1n) is 22.1. The molecule has 1 aliphatic carbocycles. The fourth-order valence-corrected chi connectivity index (χ4v) is 8.80. The van der Waals surface area contributed by atoms with E-state index >= 15 is 0 Å². The highest BCUT2D eigenvalue weighted by Gasteiger charge is 2.42. The molecule has 304 valence electrons. The van der Waals surface area contributed by atoms with E-state index < -0.39 is 4.92 Å². The summed E-state index contributed by atoms with van der Waals surface area (Å²) in [5.41, 5.74) is 12.4. The minimum atomic E-state index is -0.408. The standard InChI is InChI=1S/C52H63N3O3/c1-5-9-13-15-31-52(32-16-14-10-6-2)49-35-41(39-19-25-45(26-20-39)54(33-11-7-3)34-12-8-4)23-29-47(49)48-30-24-44(37-50(48)52)53-38-43-18-17-42(36-51(43)56)40-21-27-46(28-22-40)55(57)58/h17-30,35-38,56H,5-16,31-34H2,1-4H3/b53-38+. The normalized spacial score (nSPS) is 12.8. The number of non-ortho nitro benzene ring substituents is 1. The van der Waals surface area contributed by atoms with Gasteiger partial charge >= 0.3 is 0 Å². The van der Waals surface area contributed by atoms with E-state index in [0.717, 1.165) is 42.7 Å². The summed E-state index contributed by atoms with van der Waals surface area (Å²) in [4.78, 5) is 18.2. The molecule has 0 atom stereocenters. The molecule has 6 nitrogen and oxygen atoms in total. The van der Waals surface area contributed by atoms with E-state index in [1.165, 1.54) is 128 Å². The van der Waals surface area contributed by atoms with Gasteiger partial charge < -0.3 is 10.0 Å². The van der Waals surface area contributed by atoms with Crippen LogP contribution in [0.15, 0.2) is 108 Å². The van der Waals surface area contributed by atoms with Crippen molar-refractivity contribution in [1.82, 2.24) is 0 Å². The Morgan fingerprint density at radius 3 is 1.69 bits per heavy atom. The molecule has 0 bridgehead atoms. The summed E-state index contributed by atoms with van der Waals surface area (Å²) >= 11 is 0. The molecule has 0 fully saturated rings. The minimum absolute atomic E-state index is 0.0395. The number of nitrogens with zero attached hydrogens (tertiary/aromatic N) is 3. The molecule has 0 amide bonds. The van der Waals surface area contributed by atoms with Gasteiger partial charge in [0, 0.05) is 48.1 Å². The molecule has 0 radical (unpaired) electrons. The molecule has 0 unspecified atom stereocenters. The van der Waals surface area contributed by atoms with Crippen LogP contribution in [0.1, 0.15) is 134 Å². The molecule has 0 heterocycles. The van der Waals surface area contributed by atoms with Gasteiger partial charge in [0.25, 0.3) is 5.69 Å². The Labute approximate surface area is 347 Å². The lowest BCUT2D eigenvalue weighted by molar-refractivity contribution is -0.384. The topological polar surface area (TPSA) is 79.0 Å². The maximum atomic E-state index is 11.1. The summed E-state index contributed by atoms with van der Waals surface area (Å²) in [5, 5.41) is 22.2. The molecule has 0 spiro atoms. The van der Waals surface area contributed by atoms with Gasteiger partial charge in [0.1, 0.15) is 5.75 Å². The van der Waals surface area contributed by atoms with Crippen molar-refractivity contribution in [3.63, 3.8) is 0 Å². The van der Waals surface area contributed by atoms with E-state index in [-0.39, 0.29) is 16.9 Å². The van der Waals surface area contributed by atoms with Crippen molar-refractivity contribution in [2.75, 3.05) is 18.0 Å². The number of aliphatic imine (C=N–C) groups is 1. The summed E-state index contributed by atoms with van der Waals surface area (Å²) in [6, 6.07) is 35.1. The third kappa shape index (κ3) is 9.89. The number of aromatic hydroxyl groups is 1. The van der Waals surface area contributed by atoms with Gasteiger partial charge in [0.2, 0.25) is 0 Å². The first kappa shape index (κ1) is 42.4. The SMILES string of the molecule is CCCCCCC1(CCCCCC)c2cc(/N=C/c3ccc(-c4ccc([N+](=O)[O-])cc4)cc3O)ccc2-c2ccc(-c3ccc(N(CCCC)CCCC)cc3)cc21. The summed E-state index contributed by atoms with van der Waals surface area (Å²) < 4.78 is 0. The van der Waals surface area contributed by atoms with Gasteiger partial charge in [-0.25, -0.2) is 0 Å². The summed E-state index contributed by atoms with van der Waals surface area (Å²) in [6.07, 6.45) is 18.6. The number of phenolic OH excluding ortho intramolecular Hbond substituents is 1. The molecule has 0 saturated carbocycles. The van der Waals surface area contributed by atoms with Crippen molar-refractivity contribution in [2.45, 2.75) is 123 Å². The summed E-state index contributed by atoms with van der Waals surface area (Å²) in [5.74, 6) is 0.115. The largest absolute Gasteiger partial charge is 0.507 e. The Balaban J connectivity index is 1.34. The Morgan fingerprint density at radius 2 is 1.12 bits per heavy atom. The van der Waals surface area contributed by atoms with E-state index in [4.69, 9.17) is 4.99 Å². The van der Waals surface area contributed by atoms with E-state index in [9.17, 15) is 15.2 Å². The fourth-order valence-electron chi connectivity index (χ4n) is 8.80. The molecule has 0 saturated heterocycles. The van der Waals surface area contributed by atoms with E-state index in [2.05, 4.69) is 93.3 Å². The maximum Gasteiger partial charge on any atom is 0.269 e. The lowest BCUT2D eigenvalue weighted by Gasteiger charge is -2.33. The average molecular weight is 778 g/mol. The molecule has 5 aromatic rings. The molecule has 1 N–H and O–H groups in total. The van der Waals surface area contributed by atoms with Gasteiger partial charge in [-0.05, 0) is 125 Å². The van der Waals surface area contributed by atoms with Crippen LogP contribution >= 0.6 is 0 Å². The first-order chi connectivity index (χ1) is 28.3. The van der Waals surface area contributed by atoms with Crippen molar-refractivity contribution >= 4 is 23.3 Å². The summed E-state index contributed by atoms with van der Waals surface area (Å²) in [6.45, 7) is 11.3. The van der Waals surface area contributed by atoms with Crippen LogP contribution in [0.3, 0.4) is 0 Å². The monoisotopic (exact) mass is 777 g/mol. The van der Waals surface area contributed by atoms with Crippen molar-refractivity contribution < 1.29 is 10.0 Å². The van der Waals surface area contributed by atoms with Crippen LogP contribution in [-0.4, -0.2) is 29.3 Å². The van der Waals surface area contributed by atoms with Crippen LogP contribution < -0.4 is 4.90 Å². The second-order valence-electron chi connectivity index (χ2n) is 16.3. The van der Waals surface area contributed by atoms with E-state index in [1.54, 1.807) is 24.4 Å². The van der Waals surface area contributed by atoms with Gasteiger partial charge in [-0.15, -0.1) is 0 Å². The number of phenols is 1. The second-order valence-corrected chi connectivity index (χ2v) is 16.3. The third-order valence-corrected chi connectivity index (χ3v) is 12.2. The predicted octanol–water partition coefficient (Wildman–Crippen LogP) is 15.0. The number of hydrogen-bond donors (Lipinski definition) is 1. The number of unbranched alkanes of at least 4 members (excludes halogenated alkanes) is 8. The van der Waals surface area contributed by atoms with Gasteiger partial charge in [0.15, 0.2) is 0 Å². The van der Waals surface area contributed by atoms with Crippen molar-refractivity contribution in [3.8, 4) is 39.1 Å². The summed E-state index contributed by atoms with van der Waals surface area (Å²) in [7, 11) is 0. The van der Waals surface area contributed by atoms with Gasteiger partial charge in [-0.1, -0.05) is 128 Å². The Kier molecular flexibility index (Phi) is 14.9. The van der Waals surface area contributed by atoms with Crippen LogP contribution in [0.4, 0.5) is 17.1 Å². The lowest BCUT2D eigenvalue weighted by atomic mass is 9.70. The number of anilines is 1. The van der Waals surface area contributed by atoms with E-state index in [1.807, 2.05) is 12.1 Å². The first-order valence-corrected chi connectivity index (χ1v) is 22.1. The number of benzene rings is 5. The molecule has 1 aliphatic rings. The molecule has 6 heteroatoms. The van der Waals surface area contributed by atoms with Crippen LogP contribution in [0.2, 0.25) is 0 Å². The maximum absolute atomic E-state index is 11.1. The zero-order chi connectivity index (χ0) is 40.9. The van der Waals surface area contributed by atoms with Crippen LogP contribution in [0.25, 0.3) is 33.4 Å². The Morgan fingerprint density at radius 1 is 0.603 bits per heavy atom. The average Bonchev–Trinajstić information content (AvgIpc) is 3.51. The molecular weight excluding hydrogens is 715 g/mol. The number of rotatable bonds is 22. The van der Waals surface area contributed by atoms with Gasteiger partial charge in [-0.3, -0.25) is 15.1 Å². The number of fused-ring (bicyclic) bond motifs is 3. The number of hydrogen-bond acceptors (Lipinski definition) is 5. The number of nitro groups is 1. The smallest absolute Gasteiger partial charge is 0.269 e. The highest BCUT2D eigenvalue weighted by atomic mass is 16.6. The van der Waals surface area contributed by atoms with Crippen molar-refractivity contribution in [3.05, 3.63) is 130 Å². The second kappa shape index (κ2) is 20.5. The Bertz CT molecular complexity index is 2120.